The monoisotopic (exact) mass is 389 g/mol. The lowest BCUT2D eigenvalue weighted by Crippen LogP contribution is -2.37. The summed E-state index contributed by atoms with van der Waals surface area (Å²) in [6.45, 7) is 4.70. The van der Waals surface area contributed by atoms with Crippen LogP contribution >= 0.6 is 0 Å². The second-order valence-electron chi connectivity index (χ2n) is 7.41. The number of amides is 1. The summed E-state index contributed by atoms with van der Waals surface area (Å²) in [4.78, 5) is 12.8. The predicted octanol–water partition coefficient (Wildman–Crippen LogP) is 3.64. The highest BCUT2D eigenvalue weighted by Crippen LogP contribution is 2.26. The van der Waals surface area contributed by atoms with E-state index in [-0.39, 0.29) is 17.7 Å². The summed E-state index contributed by atoms with van der Waals surface area (Å²) >= 11 is 0. The molecule has 0 aliphatic carbocycles. The quantitative estimate of drug-likeness (QED) is 0.820. The molecule has 2 aromatic rings. The number of carbonyl (C=O) groups is 1. The van der Waals surface area contributed by atoms with Crippen LogP contribution in [0.1, 0.15) is 39.2 Å². The van der Waals surface area contributed by atoms with Crippen molar-refractivity contribution in [2.24, 2.45) is 5.92 Å². The molecule has 1 saturated heterocycles. The number of hydrogen-bond acceptors (Lipinski definition) is 3. The minimum atomic E-state index is -3.23. The van der Waals surface area contributed by atoms with E-state index >= 15 is 0 Å². The maximum Gasteiger partial charge on any atom is 0.247 e. The van der Waals surface area contributed by atoms with E-state index in [4.69, 9.17) is 0 Å². The van der Waals surface area contributed by atoms with Gasteiger partial charge in [0.1, 0.15) is 6.04 Å². The molecule has 1 amide bonds. The third-order valence-electron chi connectivity index (χ3n) is 4.76. The number of sulfonamides is 1. The minimum Gasteiger partial charge on any atom is -0.342 e. The Morgan fingerprint density at radius 1 is 1.11 bits per heavy atom. The molecule has 1 unspecified atom stereocenters. The van der Waals surface area contributed by atoms with Crippen molar-refractivity contribution in [2.45, 2.75) is 39.2 Å². The van der Waals surface area contributed by atoms with Gasteiger partial charge in [0.15, 0.2) is 0 Å². The Bertz CT molecular complexity index is 858. The molecule has 1 N–H and O–H groups in total. The summed E-state index contributed by atoms with van der Waals surface area (Å²) < 4.78 is 27.8. The van der Waals surface area contributed by atoms with Gasteiger partial charge in [-0.2, -0.15) is 0 Å². The van der Waals surface area contributed by atoms with Gasteiger partial charge in [0.05, 0.1) is 11.4 Å². The number of carbonyl (C=O) groups excluding carboxylic acids is 1. The third-order valence-corrected chi connectivity index (χ3v) is 6.63. The van der Waals surface area contributed by atoms with E-state index in [2.05, 4.69) is 19.2 Å². The van der Waals surface area contributed by atoms with Crippen LogP contribution in [0.4, 0.5) is 11.4 Å². The van der Waals surface area contributed by atoms with Crippen molar-refractivity contribution in [3.8, 4) is 0 Å². The van der Waals surface area contributed by atoms with E-state index in [1.807, 2.05) is 29.1 Å². The Hall–Kier alpha value is -2.28. The Morgan fingerprint density at radius 2 is 1.78 bits per heavy atom. The number of aromatic nitrogens is 1. The van der Waals surface area contributed by atoms with E-state index in [0.717, 1.165) is 12.8 Å². The molecule has 0 saturated carbocycles. The fraction of sp³-hybridized carbons (Fsp3) is 0.450. The molecular weight excluding hydrogens is 362 g/mol. The highest BCUT2D eigenvalue weighted by molar-refractivity contribution is 7.92. The maximum atomic E-state index is 12.8. The molecule has 146 valence electrons. The fourth-order valence-corrected chi connectivity index (χ4v) is 5.02. The van der Waals surface area contributed by atoms with E-state index in [0.29, 0.717) is 30.3 Å². The fourth-order valence-electron chi connectivity index (χ4n) is 3.38. The molecule has 1 aliphatic rings. The smallest absolute Gasteiger partial charge is 0.247 e. The first-order valence-electron chi connectivity index (χ1n) is 9.40. The Balaban J connectivity index is 1.72. The minimum absolute atomic E-state index is 0.0711. The topological polar surface area (TPSA) is 71.4 Å². The van der Waals surface area contributed by atoms with Gasteiger partial charge in [-0.15, -0.1) is 0 Å². The number of hydrogen-bond donors (Lipinski definition) is 1. The first-order chi connectivity index (χ1) is 12.9. The second kappa shape index (κ2) is 8.17. The van der Waals surface area contributed by atoms with Crippen LogP contribution < -0.4 is 9.62 Å². The number of nitrogens with one attached hydrogen (secondary N) is 1. The molecular formula is C20H27N3O3S. The lowest BCUT2D eigenvalue weighted by Gasteiger charge is -2.28. The van der Waals surface area contributed by atoms with Crippen LogP contribution in [0.2, 0.25) is 0 Å². The molecule has 27 heavy (non-hydrogen) atoms. The molecule has 3 rings (SSSR count). The van der Waals surface area contributed by atoms with Crippen molar-refractivity contribution < 1.29 is 13.2 Å². The Labute approximate surface area is 161 Å². The van der Waals surface area contributed by atoms with Crippen LogP contribution in [0.15, 0.2) is 48.8 Å². The van der Waals surface area contributed by atoms with Crippen molar-refractivity contribution in [1.82, 2.24) is 4.57 Å². The zero-order valence-corrected chi connectivity index (χ0v) is 16.7. The van der Waals surface area contributed by atoms with Gasteiger partial charge in [0.2, 0.25) is 15.9 Å². The normalized spacial score (nSPS) is 17.7. The lowest BCUT2D eigenvalue weighted by molar-refractivity contribution is -0.119. The summed E-state index contributed by atoms with van der Waals surface area (Å²) in [6, 6.07) is 10.6. The summed E-state index contributed by atoms with van der Waals surface area (Å²) in [5, 5.41) is 2.96. The van der Waals surface area contributed by atoms with Gasteiger partial charge >= 0.3 is 0 Å². The molecule has 0 bridgehead atoms. The Kier molecular flexibility index (Phi) is 5.89. The molecule has 1 fully saturated rings. The maximum absolute atomic E-state index is 12.8. The van der Waals surface area contributed by atoms with Crippen LogP contribution in [0.25, 0.3) is 0 Å². The summed E-state index contributed by atoms with van der Waals surface area (Å²) in [6.07, 6.45) is 6.12. The van der Waals surface area contributed by atoms with E-state index < -0.39 is 10.0 Å². The molecule has 2 heterocycles. The van der Waals surface area contributed by atoms with Gasteiger partial charge in [-0.25, -0.2) is 8.42 Å². The molecule has 0 spiro atoms. The number of anilines is 2. The average Bonchev–Trinajstić information content (AvgIpc) is 3.14. The summed E-state index contributed by atoms with van der Waals surface area (Å²) in [5.41, 5.74) is 1.32. The van der Waals surface area contributed by atoms with Gasteiger partial charge in [0.25, 0.3) is 0 Å². The molecule has 6 nitrogen and oxygen atoms in total. The molecule has 1 aromatic heterocycles. The van der Waals surface area contributed by atoms with Gasteiger partial charge in [-0.3, -0.25) is 9.10 Å². The lowest BCUT2D eigenvalue weighted by atomic mass is 10.0. The van der Waals surface area contributed by atoms with Gasteiger partial charge in [-0.1, -0.05) is 13.8 Å². The van der Waals surface area contributed by atoms with Crippen LogP contribution in [0.5, 0.6) is 0 Å². The molecule has 1 atom stereocenters. The first kappa shape index (κ1) is 19.5. The largest absolute Gasteiger partial charge is 0.342 e. The van der Waals surface area contributed by atoms with Crippen LogP contribution in [0, 0.1) is 5.92 Å². The van der Waals surface area contributed by atoms with Crippen molar-refractivity contribution in [2.75, 3.05) is 21.9 Å². The molecule has 7 heteroatoms. The third kappa shape index (κ3) is 4.71. The van der Waals surface area contributed by atoms with Crippen LogP contribution in [-0.2, 0) is 14.8 Å². The average molecular weight is 390 g/mol. The van der Waals surface area contributed by atoms with Gasteiger partial charge < -0.3 is 9.88 Å². The van der Waals surface area contributed by atoms with Crippen molar-refractivity contribution in [3.05, 3.63) is 48.8 Å². The second-order valence-corrected chi connectivity index (χ2v) is 9.42. The summed E-state index contributed by atoms with van der Waals surface area (Å²) in [7, 11) is -3.23. The SMILES string of the molecule is CC(C)CC(C(=O)Nc1ccc(N2CCCCS2(=O)=O)cc1)n1cccc1. The number of rotatable bonds is 6. The van der Waals surface area contributed by atoms with E-state index in [1.165, 1.54) is 4.31 Å². The van der Waals surface area contributed by atoms with Crippen molar-refractivity contribution in [3.63, 3.8) is 0 Å². The van der Waals surface area contributed by atoms with E-state index in [1.54, 1.807) is 24.3 Å². The van der Waals surface area contributed by atoms with Crippen LogP contribution in [-0.4, -0.2) is 31.2 Å². The van der Waals surface area contributed by atoms with Gasteiger partial charge in [-0.05, 0) is 61.6 Å². The molecule has 1 aliphatic heterocycles. The molecule has 0 radical (unpaired) electrons. The summed E-state index contributed by atoms with van der Waals surface area (Å²) in [5.74, 6) is 0.507. The Morgan fingerprint density at radius 3 is 2.37 bits per heavy atom. The standard InChI is InChI=1S/C20H27N3O3S/c1-16(2)15-19(22-11-3-4-12-22)20(24)21-17-7-9-18(10-8-17)23-13-5-6-14-27(23,25)26/h3-4,7-12,16,19H,5-6,13-15H2,1-2H3,(H,21,24). The number of nitrogens with zero attached hydrogens (tertiary/aromatic N) is 2. The predicted molar refractivity (Wildman–Crippen MR) is 108 cm³/mol. The van der Waals surface area contributed by atoms with E-state index in [9.17, 15) is 13.2 Å². The highest BCUT2D eigenvalue weighted by atomic mass is 32.2. The molecule has 1 aromatic carbocycles. The van der Waals surface area contributed by atoms with Crippen molar-refractivity contribution in [1.29, 1.82) is 0 Å². The highest BCUT2D eigenvalue weighted by Gasteiger charge is 2.26. The first-order valence-corrected chi connectivity index (χ1v) is 11.0. The van der Waals surface area contributed by atoms with Crippen molar-refractivity contribution >= 4 is 27.3 Å². The van der Waals surface area contributed by atoms with Crippen LogP contribution in [0.3, 0.4) is 0 Å². The number of benzene rings is 1. The zero-order valence-electron chi connectivity index (χ0n) is 15.8. The van der Waals surface area contributed by atoms with Gasteiger partial charge in [0, 0.05) is 24.6 Å². The zero-order chi connectivity index (χ0) is 19.4.